The summed E-state index contributed by atoms with van der Waals surface area (Å²) in [6.45, 7) is 0. The van der Waals surface area contributed by atoms with Gasteiger partial charge in [-0.2, -0.15) is 0 Å². The van der Waals surface area contributed by atoms with E-state index in [2.05, 4.69) is 22.1 Å². The van der Waals surface area contributed by atoms with Gasteiger partial charge in [0.1, 0.15) is 0 Å². The molecule has 1 aromatic heterocycles. The van der Waals surface area contributed by atoms with Crippen LogP contribution in [0.5, 0.6) is 0 Å². The predicted octanol–water partition coefficient (Wildman–Crippen LogP) is 4.20. The minimum atomic E-state index is 0.271. The van der Waals surface area contributed by atoms with Crippen LogP contribution in [0, 0.1) is 0 Å². The lowest BCUT2D eigenvalue weighted by Crippen LogP contribution is -2.00. The summed E-state index contributed by atoms with van der Waals surface area (Å²) in [5.74, 6) is 0.917. The highest BCUT2D eigenvalue weighted by Crippen LogP contribution is 2.26. The number of aromatic nitrogens is 2. The fraction of sp³-hybridized carbons (Fsp3) is 0.125. The molecule has 0 aliphatic rings. The molecule has 0 aliphatic carbocycles. The minimum absolute atomic E-state index is 0.271. The van der Waals surface area contributed by atoms with E-state index in [9.17, 15) is 0 Å². The molecule has 106 valence electrons. The van der Waals surface area contributed by atoms with E-state index in [-0.39, 0.29) is 5.28 Å². The van der Waals surface area contributed by atoms with Crippen LogP contribution >= 0.6 is 23.4 Å². The molecule has 0 spiro atoms. The Morgan fingerprint density at radius 3 is 2.62 bits per heavy atom. The van der Waals surface area contributed by atoms with E-state index >= 15 is 0 Å². The number of aryl methyl sites for hydroxylation is 1. The van der Waals surface area contributed by atoms with Crippen LogP contribution < -0.4 is 5.73 Å². The number of anilines is 1. The molecule has 0 saturated heterocycles. The molecule has 0 aliphatic heterocycles. The monoisotopic (exact) mass is 315 g/mol. The minimum Gasteiger partial charge on any atom is -0.398 e. The second kappa shape index (κ2) is 6.33. The van der Waals surface area contributed by atoms with Crippen LogP contribution in [0.3, 0.4) is 0 Å². The van der Waals surface area contributed by atoms with E-state index in [1.165, 1.54) is 4.90 Å². The Morgan fingerprint density at radius 1 is 1.00 bits per heavy atom. The van der Waals surface area contributed by atoms with Gasteiger partial charge in [-0.05, 0) is 42.3 Å². The maximum Gasteiger partial charge on any atom is 0.223 e. The largest absolute Gasteiger partial charge is 0.398 e. The molecule has 0 amide bonds. The summed E-state index contributed by atoms with van der Waals surface area (Å²) in [6.07, 6.45) is 0.798. The molecule has 21 heavy (non-hydrogen) atoms. The quantitative estimate of drug-likeness (QED) is 0.445. The second-order valence-corrected chi connectivity index (χ2v) is 6.10. The van der Waals surface area contributed by atoms with E-state index in [0.717, 1.165) is 28.8 Å². The number of nitrogens with zero attached hydrogens (tertiary/aromatic N) is 2. The van der Waals surface area contributed by atoms with E-state index in [4.69, 9.17) is 17.3 Å². The summed E-state index contributed by atoms with van der Waals surface area (Å²) < 4.78 is 0. The highest BCUT2D eigenvalue weighted by Gasteiger charge is 2.09. The van der Waals surface area contributed by atoms with E-state index in [1.807, 2.05) is 36.4 Å². The summed E-state index contributed by atoms with van der Waals surface area (Å²) >= 11 is 7.79. The van der Waals surface area contributed by atoms with Gasteiger partial charge in [-0.15, -0.1) is 11.8 Å². The molecule has 2 aromatic carbocycles. The van der Waals surface area contributed by atoms with Crippen molar-refractivity contribution in [3.8, 4) is 0 Å². The first-order chi connectivity index (χ1) is 10.2. The zero-order chi connectivity index (χ0) is 14.7. The maximum atomic E-state index is 6.06. The molecule has 2 N–H and O–H groups in total. The summed E-state index contributed by atoms with van der Waals surface area (Å²) in [4.78, 5) is 9.83. The first-order valence-corrected chi connectivity index (χ1v) is 7.99. The van der Waals surface area contributed by atoms with Crippen LogP contribution in [-0.2, 0) is 6.42 Å². The number of nitrogen functional groups attached to an aromatic ring is 1. The van der Waals surface area contributed by atoms with Crippen LogP contribution in [0.25, 0.3) is 10.9 Å². The van der Waals surface area contributed by atoms with Gasteiger partial charge in [-0.25, -0.2) is 9.97 Å². The molecule has 0 unspecified atom stereocenters. The molecule has 0 bridgehead atoms. The lowest BCUT2D eigenvalue weighted by molar-refractivity contribution is 1.04. The molecular weight excluding hydrogens is 302 g/mol. The Labute approximate surface area is 132 Å². The summed E-state index contributed by atoms with van der Waals surface area (Å²) in [5.41, 5.74) is 8.47. The zero-order valence-corrected chi connectivity index (χ0v) is 12.9. The second-order valence-electron chi connectivity index (χ2n) is 4.59. The summed E-state index contributed by atoms with van der Waals surface area (Å²) in [5, 5.41) is 1.18. The van der Waals surface area contributed by atoms with Gasteiger partial charge in [0.05, 0.1) is 11.2 Å². The van der Waals surface area contributed by atoms with Gasteiger partial charge >= 0.3 is 0 Å². The smallest absolute Gasteiger partial charge is 0.223 e. The number of hydrogen-bond donors (Lipinski definition) is 1. The molecule has 0 radical (unpaired) electrons. The van der Waals surface area contributed by atoms with E-state index in [1.54, 1.807) is 11.8 Å². The van der Waals surface area contributed by atoms with Crippen molar-refractivity contribution in [1.29, 1.82) is 0 Å². The van der Waals surface area contributed by atoms with Crippen molar-refractivity contribution >= 4 is 40.0 Å². The number of rotatable bonds is 4. The normalized spacial score (nSPS) is 10.9. The van der Waals surface area contributed by atoms with Crippen LogP contribution in [0.4, 0.5) is 5.69 Å². The van der Waals surface area contributed by atoms with Gasteiger partial charge in [0.15, 0.2) is 0 Å². The van der Waals surface area contributed by atoms with Gasteiger partial charge in [-0.1, -0.05) is 24.3 Å². The van der Waals surface area contributed by atoms with Gasteiger partial charge in [-0.3, -0.25) is 0 Å². The van der Waals surface area contributed by atoms with Gasteiger partial charge in [0, 0.05) is 21.7 Å². The molecule has 5 heteroatoms. The van der Waals surface area contributed by atoms with Crippen molar-refractivity contribution in [2.24, 2.45) is 0 Å². The standard InChI is InChI=1S/C16H14ClN3S/c17-16-19-13-8-4-7-12(18)15(13)14(20-16)9-10-21-11-5-2-1-3-6-11/h1-8H,9-10,18H2. The van der Waals surface area contributed by atoms with Crippen molar-refractivity contribution in [2.75, 3.05) is 11.5 Å². The lowest BCUT2D eigenvalue weighted by Gasteiger charge is -2.08. The molecule has 0 saturated carbocycles. The SMILES string of the molecule is Nc1cccc2nc(Cl)nc(CCSc3ccccc3)c12. The Hall–Kier alpha value is -1.78. The molecule has 0 atom stereocenters. The lowest BCUT2D eigenvalue weighted by atomic mass is 10.1. The highest BCUT2D eigenvalue weighted by molar-refractivity contribution is 7.99. The Kier molecular flexibility index (Phi) is 4.27. The number of hydrogen-bond acceptors (Lipinski definition) is 4. The zero-order valence-electron chi connectivity index (χ0n) is 11.3. The van der Waals surface area contributed by atoms with Gasteiger partial charge < -0.3 is 5.73 Å². The number of nitrogens with two attached hydrogens (primary N) is 1. The molecule has 0 fully saturated rings. The Bertz CT molecular complexity index is 762. The topological polar surface area (TPSA) is 51.8 Å². The van der Waals surface area contributed by atoms with Crippen molar-refractivity contribution in [3.63, 3.8) is 0 Å². The first kappa shape index (κ1) is 14.2. The van der Waals surface area contributed by atoms with E-state index < -0.39 is 0 Å². The Balaban J connectivity index is 1.83. The summed E-state index contributed by atoms with van der Waals surface area (Å²) in [7, 11) is 0. The van der Waals surface area contributed by atoms with Crippen LogP contribution in [0.2, 0.25) is 5.28 Å². The first-order valence-electron chi connectivity index (χ1n) is 6.62. The molecule has 3 nitrogen and oxygen atoms in total. The molecular formula is C16H14ClN3S. The van der Waals surface area contributed by atoms with Crippen LogP contribution in [0.15, 0.2) is 53.4 Å². The third kappa shape index (κ3) is 3.28. The fourth-order valence-electron chi connectivity index (χ4n) is 2.22. The third-order valence-electron chi connectivity index (χ3n) is 3.15. The average Bonchev–Trinajstić information content (AvgIpc) is 2.48. The number of thioether (sulfide) groups is 1. The third-order valence-corrected chi connectivity index (χ3v) is 4.34. The molecule has 3 rings (SSSR count). The Morgan fingerprint density at radius 2 is 1.81 bits per heavy atom. The van der Waals surface area contributed by atoms with Crippen LogP contribution in [-0.4, -0.2) is 15.7 Å². The predicted molar refractivity (Wildman–Crippen MR) is 89.8 cm³/mol. The summed E-state index contributed by atoms with van der Waals surface area (Å²) in [6, 6.07) is 16.0. The van der Waals surface area contributed by atoms with Crippen molar-refractivity contribution < 1.29 is 0 Å². The molecule has 3 aromatic rings. The molecule has 1 heterocycles. The fourth-order valence-corrected chi connectivity index (χ4v) is 3.29. The van der Waals surface area contributed by atoms with Crippen molar-refractivity contribution in [1.82, 2.24) is 9.97 Å². The van der Waals surface area contributed by atoms with Crippen molar-refractivity contribution in [2.45, 2.75) is 11.3 Å². The number of fused-ring (bicyclic) bond motifs is 1. The maximum absolute atomic E-state index is 6.06. The highest BCUT2D eigenvalue weighted by atomic mass is 35.5. The number of benzene rings is 2. The van der Waals surface area contributed by atoms with Crippen LogP contribution in [0.1, 0.15) is 5.69 Å². The average molecular weight is 316 g/mol. The van der Waals surface area contributed by atoms with E-state index in [0.29, 0.717) is 5.69 Å². The van der Waals surface area contributed by atoms with Gasteiger partial charge in [0.2, 0.25) is 5.28 Å². The number of halogens is 1. The van der Waals surface area contributed by atoms with Crippen molar-refractivity contribution in [3.05, 3.63) is 59.5 Å². The van der Waals surface area contributed by atoms with Gasteiger partial charge in [0.25, 0.3) is 0 Å².